The van der Waals surface area contributed by atoms with E-state index >= 15 is 0 Å². The number of pyridine rings is 2. The van der Waals surface area contributed by atoms with Gasteiger partial charge in [-0.2, -0.15) is 0 Å². The van der Waals surface area contributed by atoms with Crippen molar-refractivity contribution in [2.45, 2.75) is 52.4 Å². The number of hydrogen-bond donors (Lipinski definition) is 1. The molecule has 1 N–H and O–H groups in total. The zero-order valence-electron chi connectivity index (χ0n) is 37.0. The highest BCUT2D eigenvalue weighted by Crippen LogP contribution is 2.41. The molecule has 64 heavy (non-hydrogen) atoms. The summed E-state index contributed by atoms with van der Waals surface area (Å²) in [5.41, 5.74) is 15.7. The van der Waals surface area contributed by atoms with Gasteiger partial charge in [-0.25, -0.2) is 15.0 Å². The summed E-state index contributed by atoms with van der Waals surface area (Å²) in [6, 6.07) is 58.7. The lowest BCUT2D eigenvalue weighted by Crippen LogP contribution is -2.16. The first-order chi connectivity index (χ1) is 30.9. The molecular weight excluding hydrogens is 783 g/mol. The first-order valence-corrected chi connectivity index (χ1v) is 21.8. The molecule has 10 rings (SSSR count). The van der Waals surface area contributed by atoms with Crippen LogP contribution in [0.5, 0.6) is 5.75 Å². The lowest BCUT2D eigenvalue weighted by atomic mass is 9.79. The number of aromatic nitrogens is 5. The Morgan fingerprint density at radius 3 is 1.86 bits per heavy atom. The van der Waals surface area contributed by atoms with E-state index in [1.807, 2.05) is 48.7 Å². The monoisotopic (exact) mass is 831 g/mol. The van der Waals surface area contributed by atoms with Crippen LogP contribution in [0.1, 0.15) is 52.7 Å². The van der Waals surface area contributed by atoms with Crippen molar-refractivity contribution in [1.29, 1.82) is 0 Å². The second kappa shape index (κ2) is 15.9. The summed E-state index contributed by atoms with van der Waals surface area (Å²) in [7, 11) is 0. The van der Waals surface area contributed by atoms with Gasteiger partial charge in [0.15, 0.2) is 0 Å². The van der Waals surface area contributed by atoms with Crippen LogP contribution in [0.25, 0.3) is 94.9 Å². The summed E-state index contributed by atoms with van der Waals surface area (Å²) in [5.74, 6) is 1.00. The summed E-state index contributed by atoms with van der Waals surface area (Å²) >= 11 is 0. The standard InChI is InChI=1S/C58H49N5O/c1-57(2,3)43-29-41(30-44(34-43)58(4,5)6)42-32-50(62-51(33-42)47-21-11-13-24-54(47)64)39-18-14-19-40(28-39)56-45(22-15-27-59-56)38-25-26-53-48(31-38)46-20-10-12-23-52(46)63(53)55-35-49(60-36-61-55)37-16-8-7-9-17-37/h7-36,64H,1-6H3. The van der Waals surface area contributed by atoms with E-state index in [2.05, 4.69) is 172 Å². The van der Waals surface area contributed by atoms with Crippen LogP contribution >= 0.6 is 0 Å². The first-order valence-electron chi connectivity index (χ1n) is 21.8. The predicted molar refractivity (Wildman–Crippen MR) is 264 cm³/mol. The van der Waals surface area contributed by atoms with Gasteiger partial charge in [-0.05, 0) is 93.2 Å². The largest absolute Gasteiger partial charge is 0.507 e. The third-order valence-electron chi connectivity index (χ3n) is 12.2. The summed E-state index contributed by atoms with van der Waals surface area (Å²) in [6.07, 6.45) is 3.51. The molecule has 0 atom stereocenters. The Kier molecular flexibility index (Phi) is 10.0. The topological polar surface area (TPSA) is 76.7 Å². The molecule has 0 bridgehead atoms. The van der Waals surface area contributed by atoms with Crippen LogP contribution in [0.4, 0.5) is 0 Å². The van der Waals surface area contributed by atoms with Crippen LogP contribution in [0.3, 0.4) is 0 Å². The zero-order valence-corrected chi connectivity index (χ0v) is 37.0. The lowest BCUT2D eigenvalue weighted by Gasteiger charge is -2.26. The number of hydrogen-bond acceptors (Lipinski definition) is 5. The van der Waals surface area contributed by atoms with E-state index in [0.29, 0.717) is 11.3 Å². The van der Waals surface area contributed by atoms with E-state index in [4.69, 9.17) is 15.0 Å². The van der Waals surface area contributed by atoms with Crippen molar-refractivity contribution in [2.24, 2.45) is 0 Å². The maximum absolute atomic E-state index is 11.1. The average Bonchev–Trinajstić information content (AvgIpc) is 3.65. The molecule has 4 heterocycles. The Morgan fingerprint density at radius 2 is 1.08 bits per heavy atom. The molecule has 4 aromatic heterocycles. The van der Waals surface area contributed by atoms with Crippen molar-refractivity contribution in [1.82, 2.24) is 24.5 Å². The molecule has 0 radical (unpaired) electrons. The summed E-state index contributed by atoms with van der Waals surface area (Å²) in [4.78, 5) is 19.7. The highest BCUT2D eigenvalue weighted by Gasteiger charge is 2.23. The average molecular weight is 832 g/mol. The predicted octanol–water partition coefficient (Wildman–Crippen LogP) is 14.7. The van der Waals surface area contributed by atoms with E-state index in [9.17, 15) is 5.11 Å². The molecule has 312 valence electrons. The van der Waals surface area contributed by atoms with Gasteiger partial charge in [0.2, 0.25) is 0 Å². The van der Waals surface area contributed by atoms with Crippen molar-refractivity contribution in [3.63, 3.8) is 0 Å². The minimum Gasteiger partial charge on any atom is -0.507 e. The van der Waals surface area contributed by atoms with E-state index < -0.39 is 0 Å². The molecule has 0 aliphatic heterocycles. The summed E-state index contributed by atoms with van der Waals surface area (Å²) in [6.45, 7) is 13.6. The van der Waals surface area contributed by atoms with Crippen molar-refractivity contribution < 1.29 is 5.11 Å². The fourth-order valence-electron chi connectivity index (χ4n) is 8.65. The summed E-state index contributed by atoms with van der Waals surface area (Å²) < 4.78 is 2.23. The minimum absolute atomic E-state index is 0.0495. The van der Waals surface area contributed by atoms with Crippen molar-refractivity contribution in [2.75, 3.05) is 0 Å². The van der Waals surface area contributed by atoms with Gasteiger partial charge in [-0.15, -0.1) is 0 Å². The molecule has 0 amide bonds. The maximum atomic E-state index is 11.1. The second-order valence-electron chi connectivity index (χ2n) is 18.6. The zero-order chi connectivity index (χ0) is 44.2. The Morgan fingerprint density at radius 1 is 0.422 bits per heavy atom. The normalized spacial score (nSPS) is 12.0. The molecule has 6 nitrogen and oxygen atoms in total. The molecule has 0 saturated heterocycles. The van der Waals surface area contributed by atoms with Crippen molar-refractivity contribution in [3.05, 3.63) is 194 Å². The fraction of sp³-hybridized carbons (Fsp3) is 0.138. The minimum atomic E-state index is -0.0495. The molecule has 6 aromatic carbocycles. The molecule has 0 saturated carbocycles. The van der Waals surface area contributed by atoms with Crippen molar-refractivity contribution in [3.8, 4) is 78.9 Å². The number of benzene rings is 6. The van der Waals surface area contributed by atoms with Gasteiger partial charge in [0.1, 0.15) is 17.9 Å². The van der Waals surface area contributed by atoms with Gasteiger partial charge in [0.25, 0.3) is 0 Å². The Bertz CT molecular complexity index is 3340. The number of nitrogens with zero attached hydrogens (tertiary/aromatic N) is 5. The molecule has 0 aliphatic carbocycles. The lowest BCUT2D eigenvalue weighted by molar-refractivity contribution is 0.477. The molecule has 10 aromatic rings. The van der Waals surface area contributed by atoms with Crippen molar-refractivity contribution >= 4 is 21.8 Å². The van der Waals surface area contributed by atoms with Gasteiger partial charge >= 0.3 is 0 Å². The van der Waals surface area contributed by atoms with Gasteiger partial charge in [-0.3, -0.25) is 9.55 Å². The van der Waals surface area contributed by atoms with E-state index in [1.165, 1.54) is 11.1 Å². The summed E-state index contributed by atoms with van der Waals surface area (Å²) in [5, 5.41) is 13.4. The van der Waals surface area contributed by atoms with Gasteiger partial charge in [-0.1, -0.05) is 151 Å². The number of aromatic hydroxyl groups is 1. The highest BCUT2D eigenvalue weighted by atomic mass is 16.3. The molecule has 0 spiro atoms. The number of phenolic OH excluding ortho intramolecular Hbond substituents is 1. The van der Waals surface area contributed by atoms with Gasteiger partial charge in [0.05, 0.1) is 33.8 Å². The molecule has 0 fully saturated rings. The second-order valence-corrected chi connectivity index (χ2v) is 18.6. The third kappa shape index (κ3) is 7.62. The Labute approximate surface area is 374 Å². The third-order valence-corrected chi connectivity index (χ3v) is 12.2. The van der Waals surface area contributed by atoms with Gasteiger partial charge in [0, 0.05) is 50.9 Å². The van der Waals surface area contributed by atoms with Crippen LogP contribution < -0.4 is 0 Å². The quantitative estimate of drug-likeness (QED) is 0.173. The molecule has 6 heteroatoms. The van der Waals surface area contributed by atoms with Crippen LogP contribution in [-0.4, -0.2) is 29.6 Å². The van der Waals surface area contributed by atoms with Crippen LogP contribution in [0, 0.1) is 0 Å². The van der Waals surface area contributed by atoms with Crippen LogP contribution in [-0.2, 0) is 10.8 Å². The molecular formula is C58H49N5O. The van der Waals surface area contributed by atoms with Crippen LogP contribution in [0.15, 0.2) is 182 Å². The Hall–Kier alpha value is -7.70. The van der Waals surface area contributed by atoms with E-state index in [0.717, 1.165) is 83.6 Å². The SMILES string of the molecule is CC(C)(C)c1cc(-c2cc(-c3cccc(-c4ncccc4-c4ccc5c(c4)c4ccccc4n5-c4cc(-c5ccccc5)ncn4)c3)nc(-c3ccccc3O)c2)cc(C(C)(C)C)c1. The number of phenols is 1. The van der Waals surface area contributed by atoms with Crippen LogP contribution in [0.2, 0.25) is 0 Å². The smallest absolute Gasteiger partial charge is 0.141 e. The molecule has 0 unspecified atom stereocenters. The van der Waals surface area contributed by atoms with E-state index in [1.54, 1.807) is 12.4 Å². The van der Waals surface area contributed by atoms with E-state index in [-0.39, 0.29) is 16.6 Å². The fourth-order valence-corrected chi connectivity index (χ4v) is 8.65. The van der Waals surface area contributed by atoms with Gasteiger partial charge < -0.3 is 5.11 Å². The number of fused-ring (bicyclic) bond motifs is 3. The first kappa shape index (κ1) is 40.4. The maximum Gasteiger partial charge on any atom is 0.141 e. The number of rotatable bonds is 7. The number of para-hydroxylation sites is 2. The highest BCUT2D eigenvalue weighted by molar-refractivity contribution is 6.10. The Balaban J connectivity index is 1.09. The molecule has 0 aliphatic rings.